The Kier molecular flexibility index (Phi) is 5.27. The molecular weight excluding hydrogens is 294 g/mol. The first-order chi connectivity index (χ1) is 10.1. The Labute approximate surface area is 124 Å². The van der Waals surface area contributed by atoms with E-state index in [0.717, 1.165) is 5.69 Å². The number of imidazole rings is 1. The van der Waals surface area contributed by atoms with E-state index in [9.17, 15) is 9.59 Å². The number of carbonyl (C=O) groups excluding carboxylic acids is 1. The summed E-state index contributed by atoms with van der Waals surface area (Å²) in [7, 11) is 0. The normalized spacial score (nSPS) is 10.3. The number of thiazole rings is 1. The van der Waals surface area contributed by atoms with Crippen LogP contribution in [-0.4, -0.2) is 45.1 Å². The van der Waals surface area contributed by atoms with Crippen molar-refractivity contribution in [2.75, 3.05) is 13.1 Å². The Morgan fingerprint density at radius 3 is 2.67 bits per heavy atom. The summed E-state index contributed by atoms with van der Waals surface area (Å²) in [6.07, 6.45) is 4.49. The molecule has 0 aliphatic carbocycles. The number of aromatic carboxylic acids is 1. The van der Waals surface area contributed by atoms with E-state index in [-0.39, 0.29) is 11.7 Å². The first-order valence-electron chi connectivity index (χ1n) is 6.32. The molecular formula is C12H15N5O3S. The van der Waals surface area contributed by atoms with Gasteiger partial charge in [0.25, 0.3) is 0 Å². The molecule has 4 N–H and O–H groups in total. The molecule has 21 heavy (non-hydrogen) atoms. The summed E-state index contributed by atoms with van der Waals surface area (Å²) in [4.78, 5) is 33.0. The predicted octanol–water partition coefficient (Wildman–Crippen LogP) is 0.649. The van der Waals surface area contributed by atoms with Crippen molar-refractivity contribution in [1.29, 1.82) is 0 Å². The van der Waals surface area contributed by atoms with Crippen molar-refractivity contribution in [3.05, 3.63) is 34.3 Å². The van der Waals surface area contributed by atoms with Gasteiger partial charge in [0.15, 0.2) is 5.69 Å². The molecule has 0 unspecified atom stereocenters. The van der Waals surface area contributed by atoms with Gasteiger partial charge >= 0.3 is 12.0 Å². The Morgan fingerprint density at radius 1 is 1.29 bits per heavy atom. The van der Waals surface area contributed by atoms with Crippen molar-refractivity contribution >= 4 is 23.3 Å². The summed E-state index contributed by atoms with van der Waals surface area (Å²) < 4.78 is 0. The zero-order chi connectivity index (χ0) is 15.1. The second-order valence-electron chi connectivity index (χ2n) is 4.19. The van der Waals surface area contributed by atoms with Crippen molar-refractivity contribution in [1.82, 2.24) is 25.6 Å². The van der Waals surface area contributed by atoms with Gasteiger partial charge in [0.2, 0.25) is 0 Å². The molecule has 0 atom stereocenters. The number of carboxylic acids is 1. The molecule has 2 aromatic rings. The summed E-state index contributed by atoms with van der Waals surface area (Å²) in [6.45, 7) is 0.914. The summed E-state index contributed by atoms with van der Waals surface area (Å²) in [5, 5.41) is 16.3. The number of carboxylic acid groups (broad SMARTS) is 1. The number of hydrogen-bond acceptors (Lipinski definition) is 5. The molecule has 9 heteroatoms. The number of amides is 2. The number of carbonyl (C=O) groups is 2. The molecule has 0 bridgehead atoms. The van der Waals surface area contributed by atoms with Crippen LogP contribution in [-0.2, 0) is 12.8 Å². The molecule has 112 valence electrons. The van der Waals surface area contributed by atoms with Gasteiger partial charge < -0.3 is 20.7 Å². The van der Waals surface area contributed by atoms with Gasteiger partial charge in [0.05, 0.1) is 11.3 Å². The first-order valence-corrected chi connectivity index (χ1v) is 7.20. The number of nitrogens with zero attached hydrogens (tertiary/aromatic N) is 2. The number of nitrogens with one attached hydrogen (secondary N) is 3. The Morgan fingerprint density at radius 2 is 2.05 bits per heavy atom. The lowest BCUT2D eigenvalue weighted by atomic mass is 10.3. The van der Waals surface area contributed by atoms with Crippen LogP contribution in [0.15, 0.2) is 17.9 Å². The largest absolute Gasteiger partial charge is 0.476 e. The fourth-order valence-electron chi connectivity index (χ4n) is 1.60. The van der Waals surface area contributed by atoms with Gasteiger partial charge in [0, 0.05) is 43.2 Å². The molecule has 0 radical (unpaired) electrons. The second-order valence-corrected chi connectivity index (χ2v) is 5.13. The van der Waals surface area contributed by atoms with Crippen LogP contribution >= 0.6 is 11.3 Å². The van der Waals surface area contributed by atoms with Crippen LogP contribution in [0.3, 0.4) is 0 Å². The third-order valence-corrected chi connectivity index (χ3v) is 3.54. The lowest BCUT2D eigenvalue weighted by Crippen LogP contribution is -2.37. The highest BCUT2D eigenvalue weighted by atomic mass is 32.1. The van der Waals surface area contributed by atoms with E-state index >= 15 is 0 Å². The van der Waals surface area contributed by atoms with Gasteiger partial charge in [0.1, 0.15) is 0 Å². The third kappa shape index (κ3) is 4.88. The van der Waals surface area contributed by atoms with Crippen LogP contribution < -0.4 is 10.6 Å². The van der Waals surface area contributed by atoms with Crippen molar-refractivity contribution < 1.29 is 14.7 Å². The average Bonchev–Trinajstić information content (AvgIpc) is 3.09. The smallest absolute Gasteiger partial charge is 0.355 e. The monoisotopic (exact) mass is 309 g/mol. The summed E-state index contributed by atoms with van der Waals surface area (Å²) in [5.74, 6) is -1.04. The molecule has 0 saturated heterocycles. The quantitative estimate of drug-likeness (QED) is 0.598. The van der Waals surface area contributed by atoms with Gasteiger partial charge in [-0.1, -0.05) is 0 Å². The SMILES string of the molecule is O=C(NCCc1cnc[nH]1)NCCc1nc(C(=O)O)cs1. The summed E-state index contributed by atoms with van der Waals surface area (Å²) >= 11 is 1.27. The lowest BCUT2D eigenvalue weighted by Gasteiger charge is -2.05. The number of aromatic amines is 1. The van der Waals surface area contributed by atoms with Crippen LogP contribution in [0.2, 0.25) is 0 Å². The fourth-order valence-corrected chi connectivity index (χ4v) is 2.37. The molecule has 2 rings (SSSR count). The van der Waals surface area contributed by atoms with Crippen LogP contribution in [0, 0.1) is 0 Å². The number of H-pyrrole nitrogens is 1. The third-order valence-electron chi connectivity index (χ3n) is 2.63. The number of urea groups is 1. The lowest BCUT2D eigenvalue weighted by molar-refractivity contribution is 0.0691. The van der Waals surface area contributed by atoms with E-state index in [0.29, 0.717) is 30.9 Å². The van der Waals surface area contributed by atoms with E-state index < -0.39 is 5.97 Å². The van der Waals surface area contributed by atoms with Crippen LogP contribution in [0.1, 0.15) is 21.2 Å². The van der Waals surface area contributed by atoms with Gasteiger partial charge in [-0.3, -0.25) is 0 Å². The van der Waals surface area contributed by atoms with Crippen molar-refractivity contribution in [3.63, 3.8) is 0 Å². The van der Waals surface area contributed by atoms with Gasteiger partial charge in [-0.05, 0) is 0 Å². The van der Waals surface area contributed by atoms with Crippen LogP contribution in [0.4, 0.5) is 4.79 Å². The fraction of sp³-hybridized carbons (Fsp3) is 0.333. The van der Waals surface area contributed by atoms with E-state index in [1.165, 1.54) is 16.7 Å². The minimum atomic E-state index is -1.04. The second kappa shape index (κ2) is 7.39. The summed E-state index contributed by atoms with van der Waals surface area (Å²) in [5.41, 5.74) is 0.998. The molecule has 2 aromatic heterocycles. The molecule has 0 aliphatic rings. The van der Waals surface area contributed by atoms with Gasteiger partial charge in [-0.2, -0.15) is 0 Å². The highest BCUT2D eigenvalue weighted by Crippen LogP contribution is 2.09. The van der Waals surface area contributed by atoms with E-state index in [1.807, 2.05) is 0 Å². The van der Waals surface area contributed by atoms with Crippen LogP contribution in [0.5, 0.6) is 0 Å². The molecule has 2 heterocycles. The highest BCUT2D eigenvalue weighted by Gasteiger charge is 2.08. The van der Waals surface area contributed by atoms with E-state index in [2.05, 4.69) is 25.6 Å². The molecule has 0 saturated carbocycles. The van der Waals surface area contributed by atoms with Crippen molar-refractivity contribution in [2.24, 2.45) is 0 Å². The van der Waals surface area contributed by atoms with E-state index in [4.69, 9.17) is 5.11 Å². The Hall–Kier alpha value is -2.42. The maximum absolute atomic E-state index is 11.5. The number of rotatable bonds is 7. The molecule has 0 spiro atoms. The molecule has 8 nitrogen and oxygen atoms in total. The number of aromatic nitrogens is 3. The Bertz CT molecular complexity index is 596. The minimum absolute atomic E-state index is 0.0407. The standard InChI is InChI=1S/C12H15N5O3S/c18-11(19)9-6-21-10(17-9)2-4-15-12(20)14-3-1-8-5-13-7-16-8/h5-7H,1-4H2,(H,13,16)(H,18,19)(H2,14,15,20). The molecule has 2 amide bonds. The molecule has 0 aliphatic heterocycles. The Balaban J connectivity index is 1.61. The zero-order valence-electron chi connectivity index (χ0n) is 11.1. The maximum atomic E-state index is 11.5. The molecule has 0 fully saturated rings. The summed E-state index contributed by atoms with van der Waals surface area (Å²) in [6, 6.07) is -0.260. The van der Waals surface area contributed by atoms with Crippen LogP contribution in [0.25, 0.3) is 0 Å². The number of hydrogen-bond donors (Lipinski definition) is 4. The average molecular weight is 309 g/mol. The first kappa shape index (κ1) is 15.0. The zero-order valence-corrected chi connectivity index (χ0v) is 11.9. The van der Waals surface area contributed by atoms with E-state index in [1.54, 1.807) is 12.5 Å². The van der Waals surface area contributed by atoms with Gasteiger partial charge in [-0.15, -0.1) is 11.3 Å². The predicted molar refractivity (Wildman–Crippen MR) is 76.5 cm³/mol. The topological polar surface area (TPSA) is 120 Å². The minimum Gasteiger partial charge on any atom is -0.476 e. The van der Waals surface area contributed by atoms with Crippen molar-refractivity contribution in [3.8, 4) is 0 Å². The highest BCUT2D eigenvalue weighted by molar-refractivity contribution is 7.09. The maximum Gasteiger partial charge on any atom is 0.355 e. The molecule has 0 aromatic carbocycles. The van der Waals surface area contributed by atoms with Crippen molar-refractivity contribution in [2.45, 2.75) is 12.8 Å². The van der Waals surface area contributed by atoms with Gasteiger partial charge in [-0.25, -0.2) is 19.6 Å².